The molecule has 1 aromatic carbocycles. The number of anilines is 1. The van der Waals surface area contributed by atoms with Crippen molar-refractivity contribution < 1.29 is 4.74 Å². The Labute approximate surface area is 111 Å². The largest absolute Gasteiger partial charge is 0.497 e. The van der Waals surface area contributed by atoms with Gasteiger partial charge < -0.3 is 10.1 Å². The van der Waals surface area contributed by atoms with Crippen LogP contribution in [-0.4, -0.2) is 23.1 Å². The van der Waals surface area contributed by atoms with E-state index in [4.69, 9.17) is 4.74 Å². The maximum Gasteiger partial charge on any atom is 0.223 e. The van der Waals surface area contributed by atoms with E-state index >= 15 is 0 Å². The van der Waals surface area contributed by atoms with E-state index in [1.54, 1.807) is 7.11 Å². The summed E-state index contributed by atoms with van der Waals surface area (Å²) in [4.78, 5) is 9.08. The van der Waals surface area contributed by atoms with Crippen molar-refractivity contribution in [1.82, 2.24) is 9.97 Å². The van der Waals surface area contributed by atoms with E-state index in [0.717, 1.165) is 23.8 Å². The van der Waals surface area contributed by atoms with Crippen LogP contribution in [0, 0.1) is 0 Å². The molecule has 1 fully saturated rings. The lowest BCUT2D eigenvalue weighted by atomic mass is 10.1. The molecule has 1 heterocycles. The van der Waals surface area contributed by atoms with E-state index in [1.165, 1.54) is 29.5 Å². The Bertz CT molecular complexity index is 650. The van der Waals surface area contributed by atoms with E-state index in [2.05, 4.69) is 27.4 Å². The minimum Gasteiger partial charge on any atom is -0.497 e. The summed E-state index contributed by atoms with van der Waals surface area (Å²) in [7, 11) is 1.69. The van der Waals surface area contributed by atoms with Crippen LogP contribution in [0.3, 0.4) is 0 Å². The molecule has 1 N–H and O–H groups in total. The molecule has 2 aliphatic rings. The lowest BCUT2D eigenvalue weighted by molar-refractivity contribution is 0.415. The van der Waals surface area contributed by atoms with Gasteiger partial charge in [0.2, 0.25) is 5.95 Å². The summed E-state index contributed by atoms with van der Waals surface area (Å²) in [5.41, 5.74) is 4.72. The van der Waals surface area contributed by atoms with Crippen LogP contribution in [0.1, 0.15) is 24.0 Å². The standard InChI is InChI=1S/C15H15N3O/c1-19-12-5-2-9-6-10-8-16-15(17-11-3-4-11)18-14(10)13(9)7-12/h2,5,7-8,11H,3-4,6H2,1H3,(H,16,17,18). The second-order valence-corrected chi connectivity index (χ2v) is 5.19. The number of hydrogen-bond donors (Lipinski definition) is 1. The molecule has 1 aromatic heterocycles. The van der Waals surface area contributed by atoms with Crippen molar-refractivity contribution in [2.24, 2.45) is 0 Å². The molecular weight excluding hydrogens is 238 g/mol. The predicted molar refractivity (Wildman–Crippen MR) is 73.5 cm³/mol. The minimum absolute atomic E-state index is 0.573. The Hall–Kier alpha value is -2.10. The van der Waals surface area contributed by atoms with Crippen LogP contribution in [0.4, 0.5) is 5.95 Å². The highest BCUT2D eigenvalue weighted by Crippen LogP contribution is 2.37. The SMILES string of the molecule is COc1ccc2c(c1)-c1nc(NC3CC3)ncc1C2. The molecule has 0 radical (unpaired) electrons. The number of fused-ring (bicyclic) bond motifs is 3. The van der Waals surface area contributed by atoms with E-state index in [-0.39, 0.29) is 0 Å². The zero-order valence-electron chi connectivity index (χ0n) is 10.8. The number of ether oxygens (including phenoxy) is 1. The Balaban J connectivity index is 1.77. The zero-order chi connectivity index (χ0) is 12.8. The fourth-order valence-corrected chi connectivity index (χ4v) is 2.51. The number of hydrogen-bond acceptors (Lipinski definition) is 4. The first kappa shape index (κ1) is 10.8. The number of aromatic nitrogens is 2. The average Bonchev–Trinajstić information content (AvgIpc) is 3.18. The van der Waals surface area contributed by atoms with Gasteiger partial charge in [-0.3, -0.25) is 0 Å². The molecule has 1 saturated carbocycles. The van der Waals surface area contributed by atoms with Crippen LogP contribution >= 0.6 is 0 Å². The van der Waals surface area contributed by atoms with Crippen LogP contribution < -0.4 is 10.1 Å². The van der Waals surface area contributed by atoms with Crippen LogP contribution in [-0.2, 0) is 6.42 Å². The van der Waals surface area contributed by atoms with Crippen molar-refractivity contribution in [1.29, 1.82) is 0 Å². The maximum absolute atomic E-state index is 5.30. The molecule has 0 spiro atoms. The Morgan fingerprint density at radius 2 is 2.16 bits per heavy atom. The fraction of sp³-hybridized carbons (Fsp3) is 0.333. The monoisotopic (exact) mass is 253 g/mol. The van der Waals surface area contributed by atoms with Gasteiger partial charge in [-0.1, -0.05) is 6.07 Å². The lowest BCUT2D eigenvalue weighted by Crippen LogP contribution is -2.06. The first-order valence-corrected chi connectivity index (χ1v) is 6.63. The summed E-state index contributed by atoms with van der Waals surface area (Å²) in [6.07, 6.45) is 5.31. The molecule has 0 saturated heterocycles. The number of methoxy groups -OCH3 is 1. The summed E-state index contributed by atoms with van der Waals surface area (Å²) in [6, 6.07) is 6.75. The molecule has 0 amide bonds. The molecule has 4 nitrogen and oxygen atoms in total. The van der Waals surface area contributed by atoms with Gasteiger partial charge in [-0.2, -0.15) is 0 Å². The van der Waals surface area contributed by atoms with Gasteiger partial charge in [0, 0.05) is 29.8 Å². The number of nitrogens with one attached hydrogen (secondary N) is 1. The first-order chi connectivity index (χ1) is 9.33. The normalized spacial score (nSPS) is 15.8. The molecular formula is C15H15N3O. The molecule has 4 heteroatoms. The quantitative estimate of drug-likeness (QED) is 0.779. The van der Waals surface area contributed by atoms with E-state index in [0.29, 0.717) is 6.04 Å². The van der Waals surface area contributed by atoms with E-state index in [9.17, 15) is 0 Å². The van der Waals surface area contributed by atoms with Gasteiger partial charge in [0.1, 0.15) is 5.75 Å². The lowest BCUT2D eigenvalue weighted by Gasteiger charge is -2.06. The second-order valence-electron chi connectivity index (χ2n) is 5.19. The highest BCUT2D eigenvalue weighted by atomic mass is 16.5. The van der Waals surface area contributed by atoms with Crippen LogP contribution in [0.5, 0.6) is 5.75 Å². The third-order valence-electron chi connectivity index (χ3n) is 3.73. The summed E-state index contributed by atoms with van der Waals surface area (Å²) >= 11 is 0. The molecule has 0 unspecified atom stereocenters. The molecule has 2 aromatic rings. The Kier molecular flexibility index (Phi) is 2.24. The van der Waals surface area contributed by atoms with Gasteiger partial charge in [-0.25, -0.2) is 9.97 Å². The third kappa shape index (κ3) is 1.84. The van der Waals surface area contributed by atoms with Crippen LogP contribution in [0.2, 0.25) is 0 Å². The smallest absolute Gasteiger partial charge is 0.223 e. The summed E-state index contributed by atoms with van der Waals surface area (Å²) in [5.74, 6) is 1.62. The molecule has 4 rings (SSSR count). The fourth-order valence-electron chi connectivity index (χ4n) is 2.51. The summed E-state index contributed by atoms with van der Waals surface area (Å²) in [6.45, 7) is 0. The van der Waals surface area contributed by atoms with Gasteiger partial charge in [0.05, 0.1) is 12.8 Å². The van der Waals surface area contributed by atoms with Crippen molar-refractivity contribution >= 4 is 5.95 Å². The van der Waals surface area contributed by atoms with Gasteiger partial charge in [-0.15, -0.1) is 0 Å². The summed E-state index contributed by atoms with van der Waals surface area (Å²) < 4.78 is 5.30. The topological polar surface area (TPSA) is 47.0 Å². The van der Waals surface area contributed by atoms with Crippen molar-refractivity contribution in [3.63, 3.8) is 0 Å². The second kappa shape index (κ2) is 3.95. The molecule has 19 heavy (non-hydrogen) atoms. The first-order valence-electron chi connectivity index (χ1n) is 6.63. The Morgan fingerprint density at radius 1 is 1.26 bits per heavy atom. The van der Waals surface area contributed by atoms with Crippen molar-refractivity contribution in [2.75, 3.05) is 12.4 Å². The van der Waals surface area contributed by atoms with Crippen molar-refractivity contribution in [3.8, 4) is 17.0 Å². The zero-order valence-corrected chi connectivity index (χ0v) is 10.8. The van der Waals surface area contributed by atoms with Crippen molar-refractivity contribution in [2.45, 2.75) is 25.3 Å². The molecule has 0 aliphatic heterocycles. The maximum atomic E-state index is 5.30. The van der Waals surface area contributed by atoms with Crippen LogP contribution in [0.25, 0.3) is 11.3 Å². The van der Waals surface area contributed by atoms with E-state index < -0.39 is 0 Å². The minimum atomic E-state index is 0.573. The molecule has 2 aliphatic carbocycles. The number of nitrogens with zero attached hydrogens (tertiary/aromatic N) is 2. The molecule has 0 atom stereocenters. The van der Waals surface area contributed by atoms with Crippen LogP contribution in [0.15, 0.2) is 24.4 Å². The third-order valence-corrected chi connectivity index (χ3v) is 3.73. The average molecular weight is 253 g/mol. The summed E-state index contributed by atoms with van der Waals surface area (Å²) in [5, 5.41) is 3.35. The Morgan fingerprint density at radius 3 is 2.95 bits per heavy atom. The number of benzene rings is 1. The highest BCUT2D eigenvalue weighted by Gasteiger charge is 2.25. The number of rotatable bonds is 3. The van der Waals surface area contributed by atoms with Crippen molar-refractivity contribution in [3.05, 3.63) is 35.5 Å². The van der Waals surface area contributed by atoms with Gasteiger partial charge in [0.15, 0.2) is 0 Å². The highest BCUT2D eigenvalue weighted by molar-refractivity contribution is 5.75. The predicted octanol–water partition coefficient (Wildman–Crippen LogP) is 2.63. The van der Waals surface area contributed by atoms with Gasteiger partial charge in [0.25, 0.3) is 0 Å². The molecule has 0 bridgehead atoms. The molecule has 96 valence electrons. The van der Waals surface area contributed by atoms with Gasteiger partial charge in [-0.05, 0) is 30.5 Å². The van der Waals surface area contributed by atoms with Gasteiger partial charge >= 0.3 is 0 Å². The van der Waals surface area contributed by atoms with E-state index in [1.807, 2.05) is 12.3 Å².